The highest BCUT2D eigenvalue weighted by molar-refractivity contribution is 5.80. The van der Waals surface area contributed by atoms with Crippen molar-refractivity contribution in [3.8, 4) is 11.5 Å². The number of aromatic nitrogens is 3. The van der Waals surface area contributed by atoms with Crippen molar-refractivity contribution in [3.63, 3.8) is 0 Å². The van der Waals surface area contributed by atoms with Crippen molar-refractivity contribution in [3.05, 3.63) is 54.1 Å². The minimum absolute atomic E-state index is 0.116. The van der Waals surface area contributed by atoms with Crippen molar-refractivity contribution >= 4 is 29.7 Å². The second-order valence-electron chi connectivity index (χ2n) is 8.29. The Bertz CT molecular complexity index is 1240. The van der Waals surface area contributed by atoms with Crippen LogP contribution < -0.4 is 25.1 Å². The fourth-order valence-corrected chi connectivity index (χ4v) is 3.38. The number of hydrazone groups is 1. The Hall–Kier alpha value is -4.20. The third kappa shape index (κ3) is 8.14. The highest BCUT2D eigenvalue weighted by Gasteiger charge is 2.43. The number of ether oxygens (including phenoxy) is 3. The summed E-state index contributed by atoms with van der Waals surface area (Å²) in [5.74, 6) is 1.09. The summed E-state index contributed by atoms with van der Waals surface area (Å²) >= 11 is 0. The normalized spacial score (nSPS) is 14.1. The SMILES string of the molecule is CCCOc1ccc(Nc2nc(N/N=C/c3cccc(OC(F)(F)C(F)F)c3)nc(N3CCOCC3)n2)cc1. The highest BCUT2D eigenvalue weighted by atomic mass is 19.3. The smallest absolute Gasteiger partial charge is 0.461 e. The molecular formula is C25H27F4N7O3. The monoisotopic (exact) mass is 549 g/mol. The lowest BCUT2D eigenvalue weighted by Crippen LogP contribution is -2.37. The van der Waals surface area contributed by atoms with E-state index in [1.165, 1.54) is 18.3 Å². The van der Waals surface area contributed by atoms with Crippen LogP contribution in [0.5, 0.6) is 11.5 Å². The van der Waals surface area contributed by atoms with Gasteiger partial charge in [-0.05, 0) is 48.4 Å². The summed E-state index contributed by atoms with van der Waals surface area (Å²) in [6.07, 6.45) is -6.38. The molecule has 0 saturated carbocycles. The molecule has 2 heterocycles. The molecule has 208 valence electrons. The van der Waals surface area contributed by atoms with Crippen LogP contribution in [0.3, 0.4) is 0 Å². The molecule has 3 aromatic rings. The van der Waals surface area contributed by atoms with Crippen molar-refractivity contribution < 1.29 is 31.8 Å². The number of nitrogens with one attached hydrogen (secondary N) is 2. The number of nitrogens with zero attached hydrogens (tertiary/aromatic N) is 5. The van der Waals surface area contributed by atoms with E-state index in [9.17, 15) is 17.6 Å². The summed E-state index contributed by atoms with van der Waals surface area (Å²) < 4.78 is 66.5. The van der Waals surface area contributed by atoms with Gasteiger partial charge < -0.3 is 24.4 Å². The first kappa shape index (κ1) is 27.8. The average Bonchev–Trinajstić information content (AvgIpc) is 2.93. The average molecular weight is 550 g/mol. The number of hydrogen-bond acceptors (Lipinski definition) is 10. The van der Waals surface area contributed by atoms with Crippen molar-refractivity contribution in [2.24, 2.45) is 5.10 Å². The number of benzene rings is 2. The lowest BCUT2D eigenvalue weighted by atomic mass is 10.2. The number of morpholine rings is 1. The summed E-state index contributed by atoms with van der Waals surface area (Å²) in [6, 6.07) is 12.5. The molecule has 1 aromatic heterocycles. The zero-order valence-corrected chi connectivity index (χ0v) is 21.0. The van der Waals surface area contributed by atoms with E-state index >= 15 is 0 Å². The van der Waals surface area contributed by atoms with Crippen LogP contribution in [0.15, 0.2) is 53.6 Å². The molecule has 14 heteroatoms. The van der Waals surface area contributed by atoms with Gasteiger partial charge >= 0.3 is 12.5 Å². The molecule has 1 fully saturated rings. The molecule has 0 bridgehead atoms. The minimum Gasteiger partial charge on any atom is -0.494 e. The zero-order chi connectivity index (χ0) is 27.7. The van der Waals surface area contributed by atoms with E-state index in [2.05, 4.69) is 35.5 Å². The standard InChI is InChI=1S/C25H27F4N7O3/c1-2-12-38-19-8-6-18(7-9-19)31-22-32-23(34-24(33-22)36-10-13-37-14-11-36)35-30-16-17-4-3-5-20(15-17)39-25(28,29)21(26)27/h3-9,15-16,21H,2,10-14H2,1H3,(H2,31,32,33,34,35)/b30-16+. The van der Waals surface area contributed by atoms with Crippen molar-refractivity contribution in [2.45, 2.75) is 25.9 Å². The number of halogens is 4. The number of hydrogen-bond donors (Lipinski definition) is 2. The van der Waals surface area contributed by atoms with Crippen LogP contribution in [0.2, 0.25) is 0 Å². The summed E-state index contributed by atoms with van der Waals surface area (Å²) in [7, 11) is 0. The van der Waals surface area contributed by atoms with Crippen molar-refractivity contribution in [2.75, 3.05) is 48.6 Å². The quantitative estimate of drug-likeness (QED) is 0.185. The van der Waals surface area contributed by atoms with E-state index in [4.69, 9.17) is 9.47 Å². The summed E-state index contributed by atoms with van der Waals surface area (Å²) in [6.45, 7) is 4.88. The van der Waals surface area contributed by atoms with E-state index in [1.807, 2.05) is 36.1 Å². The van der Waals surface area contributed by atoms with Gasteiger partial charge in [0.15, 0.2) is 0 Å². The van der Waals surface area contributed by atoms with Crippen LogP contribution in [0.1, 0.15) is 18.9 Å². The largest absolute Gasteiger partial charge is 0.494 e. The van der Waals surface area contributed by atoms with Gasteiger partial charge in [-0.3, -0.25) is 0 Å². The third-order valence-electron chi connectivity index (χ3n) is 5.25. The van der Waals surface area contributed by atoms with Crippen molar-refractivity contribution in [1.29, 1.82) is 0 Å². The van der Waals surface area contributed by atoms with Gasteiger partial charge in [0, 0.05) is 18.8 Å². The molecule has 0 aliphatic carbocycles. The fraction of sp³-hybridized carbons (Fsp3) is 0.360. The molecule has 4 rings (SSSR count). The number of rotatable bonds is 12. The predicted octanol–water partition coefficient (Wildman–Crippen LogP) is 4.92. The fourth-order valence-electron chi connectivity index (χ4n) is 3.38. The Morgan fingerprint density at radius 2 is 1.79 bits per heavy atom. The minimum atomic E-state index is -4.61. The maximum atomic E-state index is 13.2. The van der Waals surface area contributed by atoms with Crippen molar-refractivity contribution in [1.82, 2.24) is 15.0 Å². The molecule has 1 aliphatic rings. The van der Waals surface area contributed by atoms with E-state index in [0.29, 0.717) is 44.4 Å². The third-order valence-corrected chi connectivity index (χ3v) is 5.25. The summed E-state index contributed by atoms with van der Waals surface area (Å²) in [5, 5.41) is 7.19. The Morgan fingerprint density at radius 3 is 2.51 bits per heavy atom. The molecule has 0 spiro atoms. The highest BCUT2D eigenvalue weighted by Crippen LogP contribution is 2.27. The molecule has 1 saturated heterocycles. The molecule has 1 aliphatic heterocycles. The summed E-state index contributed by atoms with van der Waals surface area (Å²) in [4.78, 5) is 15.2. The first-order valence-electron chi connectivity index (χ1n) is 12.1. The molecule has 0 unspecified atom stereocenters. The molecule has 0 radical (unpaired) electrons. The Morgan fingerprint density at radius 1 is 1.05 bits per heavy atom. The lowest BCUT2D eigenvalue weighted by Gasteiger charge is -2.27. The molecule has 2 aromatic carbocycles. The van der Waals surface area contributed by atoms with Gasteiger partial charge in [-0.2, -0.15) is 37.6 Å². The zero-order valence-electron chi connectivity index (χ0n) is 21.0. The van der Waals surface area contributed by atoms with Crippen LogP contribution in [-0.2, 0) is 4.74 Å². The first-order valence-corrected chi connectivity index (χ1v) is 12.1. The van der Waals surface area contributed by atoms with Gasteiger partial charge in [-0.25, -0.2) is 5.43 Å². The van der Waals surface area contributed by atoms with Gasteiger partial charge in [0.1, 0.15) is 11.5 Å². The van der Waals surface area contributed by atoms with E-state index in [0.717, 1.165) is 30.0 Å². The van der Waals surface area contributed by atoms with Crippen LogP contribution in [0, 0.1) is 0 Å². The number of anilines is 4. The topological polar surface area (TPSA) is 106 Å². The van der Waals surface area contributed by atoms with E-state index < -0.39 is 18.3 Å². The Labute approximate surface area is 222 Å². The first-order chi connectivity index (χ1) is 18.8. The molecular weight excluding hydrogens is 522 g/mol. The van der Waals surface area contributed by atoms with Gasteiger partial charge in [-0.1, -0.05) is 19.1 Å². The Balaban J connectivity index is 1.49. The van der Waals surface area contributed by atoms with Crippen LogP contribution in [0.25, 0.3) is 0 Å². The molecule has 10 nitrogen and oxygen atoms in total. The van der Waals surface area contributed by atoms with Gasteiger partial charge in [0.2, 0.25) is 17.8 Å². The maximum absolute atomic E-state index is 13.2. The molecule has 2 N–H and O–H groups in total. The van der Waals surface area contributed by atoms with Gasteiger partial charge in [-0.15, -0.1) is 0 Å². The second-order valence-corrected chi connectivity index (χ2v) is 8.29. The maximum Gasteiger partial charge on any atom is 0.461 e. The number of alkyl halides is 4. The second kappa shape index (κ2) is 13.0. The van der Waals surface area contributed by atoms with E-state index in [-0.39, 0.29) is 11.9 Å². The molecule has 39 heavy (non-hydrogen) atoms. The lowest BCUT2D eigenvalue weighted by molar-refractivity contribution is -0.253. The molecule has 0 atom stereocenters. The van der Waals surface area contributed by atoms with Crippen LogP contribution >= 0.6 is 0 Å². The Kier molecular flexibility index (Phi) is 9.31. The van der Waals surface area contributed by atoms with Crippen LogP contribution in [-0.4, -0.2) is 66.6 Å². The summed E-state index contributed by atoms with van der Waals surface area (Å²) in [5.41, 5.74) is 3.74. The van der Waals surface area contributed by atoms with Gasteiger partial charge in [0.25, 0.3) is 0 Å². The van der Waals surface area contributed by atoms with Gasteiger partial charge in [0.05, 0.1) is 26.0 Å². The predicted molar refractivity (Wildman–Crippen MR) is 138 cm³/mol. The van der Waals surface area contributed by atoms with E-state index in [1.54, 1.807) is 0 Å². The van der Waals surface area contributed by atoms with Crippen LogP contribution in [0.4, 0.5) is 41.1 Å². The molecule has 0 amide bonds.